The summed E-state index contributed by atoms with van der Waals surface area (Å²) in [6.07, 6.45) is 2.22. The van der Waals surface area contributed by atoms with Crippen molar-refractivity contribution in [2.45, 2.75) is 44.8 Å². The topological polar surface area (TPSA) is 40.5 Å². The molecule has 0 fully saturated rings. The molecule has 2 unspecified atom stereocenters. The van der Waals surface area contributed by atoms with E-state index in [1.54, 1.807) is 24.3 Å². The summed E-state index contributed by atoms with van der Waals surface area (Å²) in [6.45, 7) is 2.11. The maximum atomic E-state index is 9.85. The highest BCUT2D eigenvalue weighted by Gasteiger charge is 2.06. The van der Waals surface area contributed by atoms with Crippen LogP contribution in [0, 0.1) is 23.7 Å². The van der Waals surface area contributed by atoms with Gasteiger partial charge in [-0.2, -0.15) is 0 Å². The number of benzene rings is 1. The Kier molecular flexibility index (Phi) is 7.85. The number of unbranched alkanes of at least 4 members (excludes halogenated alkanes) is 2. The van der Waals surface area contributed by atoms with Crippen LogP contribution in [0.25, 0.3) is 0 Å². The van der Waals surface area contributed by atoms with Crippen LogP contribution in [0.15, 0.2) is 24.3 Å². The molecule has 0 amide bonds. The Labute approximate surface area is 125 Å². The molecule has 0 aliphatic heterocycles. The maximum Gasteiger partial charge on any atom is 0.142 e. The lowest BCUT2D eigenvalue weighted by atomic mass is 10.1. The van der Waals surface area contributed by atoms with E-state index in [0.29, 0.717) is 17.0 Å². The van der Waals surface area contributed by atoms with Gasteiger partial charge in [-0.15, -0.1) is 0 Å². The Morgan fingerprint density at radius 1 is 1.10 bits per heavy atom. The number of rotatable bonds is 5. The average Bonchev–Trinajstić information content (AvgIpc) is 2.44. The van der Waals surface area contributed by atoms with Crippen LogP contribution in [0.2, 0.25) is 5.02 Å². The first kappa shape index (κ1) is 16.6. The third kappa shape index (κ3) is 6.13. The van der Waals surface area contributed by atoms with E-state index in [1.807, 2.05) is 0 Å². The lowest BCUT2D eigenvalue weighted by Gasteiger charge is -2.04. The number of aliphatic hydroxyl groups is 2. The van der Waals surface area contributed by atoms with Crippen molar-refractivity contribution in [2.75, 3.05) is 0 Å². The van der Waals surface area contributed by atoms with Gasteiger partial charge in [0, 0.05) is 10.6 Å². The summed E-state index contributed by atoms with van der Waals surface area (Å²) >= 11 is 5.95. The highest BCUT2D eigenvalue weighted by Crippen LogP contribution is 2.21. The van der Waals surface area contributed by atoms with Gasteiger partial charge in [-0.05, 0) is 30.7 Å². The van der Waals surface area contributed by atoms with Crippen molar-refractivity contribution in [2.24, 2.45) is 0 Å². The second kappa shape index (κ2) is 9.45. The molecule has 0 spiro atoms. The molecule has 1 aromatic carbocycles. The highest BCUT2D eigenvalue weighted by molar-refractivity contribution is 6.31. The molecule has 0 saturated heterocycles. The first-order valence-electron chi connectivity index (χ1n) is 6.76. The Bertz CT molecular complexity index is 531. The van der Waals surface area contributed by atoms with Crippen molar-refractivity contribution >= 4 is 11.6 Å². The van der Waals surface area contributed by atoms with Crippen molar-refractivity contribution in [3.05, 3.63) is 34.9 Å². The molecule has 1 aromatic rings. The Balaban J connectivity index is 2.52. The Morgan fingerprint density at radius 2 is 1.80 bits per heavy atom. The molecule has 0 saturated carbocycles. The lowest BCUT2D eigenvalue weighted by Crippen LogP contribution is -2.01. The van der Waals surface area contributed by atoms with E-state index in [9.17, 15) is 10.2 Å². The molecule has 106 valence electrons. The SMILES string of the molecule is CCCCCC(O)C#CC#CC(O)c1ccccc1Cl. The van der Waals surface area contributed by atoms with E-state index in [0.717, 1.165) is 19.3 Å². The minimum absolute atomic E-state index is 0.474. The minimum atomic E-state index is -0.963. The van der Waals surface area contributed by atoms with Crippen LogP contribution in [-0.2, 0) is 0 Å². The number of hydrogen-bond donors (Lipinski definition) is 2. The van der Waals surface area contributed by atoms with E-state index in [2.05, 4.69) is 30.6 Å². The van der Waals surface area contributed by atoms with E-state index in [-0.39, 0.29) is 0 Å². The molecule has 0 heterocycles. The molecule has 2 nitrogen and oxygen atoms in total. The molecule has 0 aliphatic carbocycles. The second-order valence-corrected chi connectivity index (χ2v) is 4.88. The van der Waals surface area contributed by atoms with Gasteiger partial charge in [0.15, 0.2) is 0 Å². The predicted octanol–water partition coefficient (Wildman–Crippen LogP) is 3.32. The van der Waals surface area contributed by atoms with Crippen LogP contribution in [-0.4, -0.2) is 16.3 Å². The van der Waals surface area contributed by atoms with Crippen molar-refractivity contribution in [3.63, 3.8) is 0 Å². The van der Waals surface area contributed by atoms with Crippen molar-refractivity contribution < 1.29 is 10.2 Å². The zero-order valence-electron chi connectivity index (χ0n) is 11.6. The molecule has 3 heteroatoms. The van der Waals surface area contributed by atoms with E-state index in [1.165, 1.54) is 0 Å². The summed E-state index contributed by atoms with van der Waals surface area (Å²) in [5.74, 6) is 10.4. The van der Waals surface area contributed by atoms with Crippen LogP contribution in [0.5, 0.6) is 0 Å². The summed E-state index contributed by atoms with van der Waals surface area (Å²) in [5, 5.41) is 19.9. The smallest absolute Gasteiger partial charge is 0.142 e. The minimum Gasteiger partial charge on any atom is -0.380 e. The van der Waals surface area contributed by atoms with Gasteiger partial charge in [0.2, 0.25) is 0 Å². The van der Waals surface area contributed by atoms with Gasteiger partial charge in [-0.25, -0.2) is 0 Å². The zero-order valence-corrected chi connectivity index (χ0v) is 12.3. The van der Waals surface area contributed by atoms with Crippen LogP contribution in [0.3, 0.4) is 0 Å². The molecule has 1 rings (SSSR count). The third-order valence-corrected chi connectivity index (χ3v) is 3.14. The zero-order chi connectivity index (χ0) is 14.8. The van der Waals surface area contributed by atoms with Gasteiger partial charge in [-0.3, -0.25) is 0 Å². The summed E-state index contributed by atoms with van der Waals surface area (Å²) in [5.41, 5.74) is 0.562. The second-order valence-electron chi connectivity index (χ2n) is 4.47. The van der Waals surface area contributed by atoms with Crippen LogP contribution < -0.4 is 0 Å². The first-order chi connectivity index (χ1) is 9.65. The first-order valence-corrected chi connectivity index (χ1v) is 7.14. The van der Waals surface area contributed by atoms with Crippen LogP contribution in [0.1, 0.15) is 44.3 Å². The lowest BCUT2D eigenvalue weighted by molar-refractivity contribution is 0.217. The summed E-state index contributed by atoms with van der Waals surface area (Å²) in [7, 11) is 0. The van der Waals surface area contributed by atoms with Gasteiger partial charge in [0.1, 0.15) is 12.2 Å². The van der Waals surface area contributed by atoms with E-state index >= 15 is 0 Å². The normalized spacial score (nSPS) is 12.6. The molecule has 0 radical (unpaired) electrons. The molecule has 0 aliphatic rings. The number of halogens is 1. The number of hydrogen-bond acceptors (Lipinski definition) is 2. The summed E-state index contributed by atoms with van der Waals surface area (Å²) in [4.78, 5) is 0. The van der Waals surface area contributed by atoms with Crippen molar-refractivity contribution in [1.29, 1.82) is 0 Å². The molecular formula is C17H19ClO2. The fourth-order valence-corrected chi connectivity index (χ4v) is 1.90. The summed E-state index contributed by atoms with van der Waals surface area (Å²) in [6, 6.07) is 6.99. The fourth-order valence-electron chi connectivity index (χ4n) is 1.66. The standard InChI is InChI=1S/C17H19ClO2/c1-2-3-4-9-14(19)10-5-8-13-17(20)15-11-6-7-12-16(15)18/h6-7,11-12,14,17,19-20H,2-4,9H2,1H3. The van der Waals surface area contributed by atoms with Gasteiger partial charge in [-0.1, -0.05) is 61.4 Å². The van der Waals surface area contributed by atoms with Gasteiger partial charge in [0.05, 0.1) is 0 Å². The maximum absolute atomic E-state index is 9.85. The number of aliphatic hydroxyl groups excluding tert-OH is 2. The monoisotopic (exact) mass is 290 g/mol. The van der Waals surface area contributed by atoms with E-state index in [4.69, 9.17) is 11.6 Å². The molecule has 2 atom stereocenters. The van der Waals surface area contributed by atoms with Gasteiger partial charge < -0.3 is 10.2 Å². The quantitative estimate of drug-likeness (QED) is 0.645. The third-order valence-electron chi connectivity index (χ3n) is 2.79. The van der Waals surface area contributed by atoms with Crippen LogP contribution >= 0.6 is 11.6 Å². The van der Waals surface area contributed by atoms with Gasteiger partial charge >= 0.3 is 0 Å². The summed E-state index contributed by atoms with van der Waals surface area (Å²) < 4.78 is 0. The molecule has 0 bridgehead atoms. The average molecular weight is 291 g/mol. The molecule has 2 N–H and O–H groups in total. The van der Waals surface area contributed by atoms with Crippen molar-refractivity contribution in [1.82, 2.24) is 0 Å². The van der Waals surface area contributed by atoms with E-state index < -0.39 is 12.2 Å². The molecule has 0 aromatic heterocycles. The predicted molar refractivity (Wildman–Crippen MR) is 82.1 cm³/mol. The van der Waals surface area contributed by atoms with Crippen LogP contribution in [0.4, 0.5) is 0 Å². The largest absolute Gasteiger partial charge is 0.380 e. The Hall–Kier alpha value is -1.45. The van der Waals surface area contributed by atoms with Gasteiger partial charge in [0.25, 0.3) is 0 Å². The molecular weight excluding hydrogens is 272 g/mol. The van der Waals surface area contributed by atoms with Crippen molar-refractivity contribution in [3.8, 4) is 23.7 Å². The Morgan fingerprint density at radius 3 is 2.50 bits per heavy atom. The molecule has 20 heavy (non-hydrogen) atoms. The highest BCUT2D eigenvalue weighted by atomic mass is 35.5. The fraction of sp³-hybridized carbons (Fsp3) is 0.412.